The summed E-state index contributed by atoms with van der Waals surface area (Å²) in [7, 11) is 0. The number of hydrogen-bond acceptors (Lipinski definition) is 2. The lowest BCUT2D eigenvalue weighted by Gasteiger charge is -2.31. The average Bonchev–Trinajstić information content (AvgIpc) is 3.29. The molecule has 0 N–H and O–H groups in total. The maximum absolute atomic E-state index is 14.0. The summed E-state index contributed by atoms with van der Waals surface area (Å²) in [6.45, 7) is 0. The third-order valence-corrected chi connectivity index (χ3v) is 11.1. The molecule has 2 aliphatic rings. The van der Waals surface area contributed by atoms with Crippen molar-refractivity contribution in [1.82, 2.24) is 0 Å². The van der Waals surface area contributed by atoms with Crippen molar-refractivity contribution in [2.24, 2.45) is 0 Å². The van der Waals surface area contributed by atoms with Gasteiger partial charge in [-0.3, -0.25) is 0 Å². The van der Waals surface area contributed by atoms with E-state index in [0.29, 0.717) is 5.92 Å². The first-order valence-corrected chi connectivity index (χ1v) is 19.8. The second kappa shape index (κ2) is 16.6. The van der Waals surface area contributed by atoms with Crippen molar-refractivity contribution >= 4 is 22.7 Å². The van der Waals surface area contributed by atoms with Gasteiger partial charge in [0.05, 0.1) is 0 Å². The Labute approximate surface area is 339 Å². The summed E-state index contributed by atoms with van der Waals surface area (Å²) < 4.78 is 28.1. The first-order chi connectivity index (χ1) is 28.6. The van der Waals surface area contributed by atoms with E-state index in [2.05, 4.69) is 162 Å². The molecule has 7 aromatic rings. The van der Waals surface area contributed by atoms with Gasteiger partial charge < -0.3 is 9.80 Å². The van der Waals surface area contributed by atoms with E-state index in [1.807, 2.05) is 42.5 Å². The van der Waals surface area contributed by atoms with Crippen LogP contribution in [0.3, 0.4) is 0 Å². The molecule has 4 heteroatoms. The molecule has 58 heavy (non-hydrogen) atoms. The van der Waals surface area contributed by atoms with Gasteiger partial charge in [-0.1, -0.05) is 133 Å². The van der Waals surface area contributed by atoms with Gasteiger partial charge in [-0.25, -0.2) is 8.78 Å². The summed E-state index contributed by atoms with van der Waals surface area (Å²) in [5.74, 6) is 0.0288. The molecule has 0 saturated heterocycles. The minimum atomic E-state index is -0.265. The summed E-state index contributed by atoms with van der Waals surface area (Å²) >= 11 is 0. The molecule has 0 aromatic heterocycles. The van der Waals surface area contributed by atoms with Crippen molar-refractivity contribution in [1.29, 1.82) is 0 Å². The maximum Gasteiger partial charge on any atom is 0.123 e. The molecule has 2 nitrogen and oxygen atoms in total. The molecular weight excluding hydrogens is 715 g/mol. The molecule has 282 valence electrons. The van der Waals surface area contributed by atoms with E-state index < -0.39 is 0 Å². The number of allylic oxidation sites excluding steroid dienone is 6. The fourth-order valence-electron chi connectivity index (χ4n) is 8.00. The van der Waals surface area contributed by atoms with E-state index in [9.17, 15) is 8.78 Å². The van der Waals surface area contributed by atoms with Gasteiger partial charge in [0.1, 0.15) is 11.6 Å². The Morgan fingerprint density at radius 2 is 0.759 bits per heavy atom. The van der Waals surface area contributed by atoms with Crippen molar-refractivity contribution < 1.29 is 8.78 Å². The fraction of sp³-hybridized carbons (Fsp3) is 0.0741. The van der Waals surface area contributed by atoms with Gasteiger partial charge in [0, 0.05) is 46.0 Å². The predicted octanol–water partition coefficient (Wildman–Crippen LogP) is 14.8. The highest BCUT2D eigenvalue weighted by Gasteiger charge is 2.22. The smallest absolute Gasteiger partial charge is 0.123 e. The lowest BCUT2D eigenvalue weighted by atomic mass is 9.88. The zero-order valence-electron chi connectivity index (χ0n) is 32.0. The zero-order chi connectivity index (χ0) is 39.3. The van der Waals surface area contributed by atoms with Gasteiger partial charge in [0.2, 0.25) is 0 Å². The molecular formula is C54H42F2N2. The van der Waals surface area contributed by atoms with Gasteiger partial charge in [0.15, 0.2) is 0 Å². The van der Waals surface area contributed by atoms with E-state index in [1.165, 1.54) is 35.4 Å². The van der Waals surface area contributed by atoms with Crippen LogP contribution in [-0.4, -0.2) is 0 Å². The Kier molecular flexibility index (Phi) is 10.5. The van der Waals surface area contributed by atoms with Crippen LogP contribution in [0.4, 0.5) is 31.5 Å². The fourth-order valence-corrected chi connectivity index (χ4v) is 8.00. The predicted molar refractivity (Wildman–Crippen MR) is 236 cm³/mol. The van der Waals surface area contributed by atoms with Crippen molar-refractivity contribution in [3.63, 3.8) is 0 Å². The summed E-state index contributed by atoms with van der Waals surface area (Å²) in [6.07, 6.45) is 15.3. The quantitative estimate of drug-likeness (QED) is 0.137. The number of anilines is 4. The second-order valence-corrected chi connectivity index (χ2v) is 14.8. The maximum atomic E-state index is 14.0. The molecule has 7 aromatic carbocycles. The van der Waals surface area contributed by atoms with Crippen molar-refractivity contribution in [3.8, 4) is 22.3 Å². The highest BCUT2D eigenvalue weighted by Crippen LogP contribution is 2.39. The highest BCUT2D eigenvalue weighted by molar-refractivity contribution is 5.80. The molecule has 2 aliphatic carbocycles. The van der Waals surface area contributed by atoms with Crippen LogP contribution >= 0.6 is 0 Å². The van der Waals surface area contributed by atoms with E-state index >= 15 is 0 Å². The minimum absolute atomic E-state index is 0.212. The largest absolute Gasteiger partial charge is 0.311 e. The van der Waals surface area contributed by atoms with Crippen LogP contribution in [0.15, 0.2) is 230 Å². The van der Waals surface area contributed by atoms with Crippen LogP contribution < -0.4 is 9.80 Å². The van der Waals surface area contributed by atoms with Gasteiger partial charge in [-0.2, -0.15) is 0 Å². The Morgan fingerprint density at radius 3 is 1.26 bits per heavy atom. The van der Waals surface area contributed by atoms with E-state index in [1.54, 1.807) is 0 Å². The summed E-state index contributed by atoms with van der Waals surface area (Å²) in [5.41, 5.74) is 13.0. The lowest BCUT2D eigenvalue weighted by molar-refractivity contribution is 0.627. The molecule has 0 aliphatic heterocycles. The number of rotatable bonds is 10. The van der Waals surface area contributed by atoms with Crippen molar-refractivity contribution in [2.75, 3.05) is 9.80 Å². The molecule has 0 saturated carbocycles. The molecule has 0 radical (unpaired) electrons. The van der Waals surface area contributed by atoms with Crippen LogP contribution in [0.5, 0.6) is 0 Å². The molecule has 0 fully saturated rings. The van der Waals surface area contributed by atoms with Crippen LogP contribution in [-0.2, 0) is 0 Å². The van der Waals surface area contributed by atoms with Crippen molar-refractivity contribution in [2.45, 2.75) is 24.7 Å². The second-order valence-electron chi connectivity index (χ2n) is 14.8. The van der Waals surface area contributed by atoms with Crippen molar-refractivity contribution in [3.05, 3.63) is 253 Å². The minimum Gasteiger partial charge on any atom is -0.311 e. The number of hydrogen-bond donors (Lipinski definition) is 0. The summed E-state index contributed by atoms with van der Waals surface area (Å²) in [4.78, 5) is 4.38. The highest BCUT2D eigenvalue weighted by atomic mass is 19.1. The average molecular weight is 757 g/mol. The van der Waals surface area contributed by atoms with Gasteiger partial charge in [-0.05, 0) is 131 Å². The lowest BCUT2D eigenvalue weighted by Crippen LogP contribution is -2.22. The zero-order valence-corrected chi connectivity index (χ0v) is 32.0. The third-order valence-electron chi connectivity index (χ3n) is 11.1. The summed E-state index contributed by atoms with van der Waals surface area (Å²) in [5, 5.41) is 0. The Hall–Kier alpha value is -7.04. The van der Waals surface area contributed by atoms with Gasteiger partial charge >= 0.3 is 0 Å². The molecule has 2 unspecified atom stereocenters. The SMILES string of the molecule is Fc1ccc(N(C2=CCC(c3ccccc3)C=C2)C2=CCC(c3cccc(-c4ccc(N(c5ccc(F)cc5)c5ccc(-c6ccccc6)cc5)cc4)c3)C=C2)cc1. The van der Waals surface area contributed by atoms with E-state index in [0.717, 1.165) is 69.2 Å². The summed E-state index contributed by atoms with van der Waals surface area (Å²) in [6, 6.07) is 60.2. The molecule has 0 spiro atoms. The van der Waals surface area contributed by atoms with Gasteiger partial charge in [0.25, 0.3) is 0 Å². The third kappa shape index (κ3) is 7.96. The first-order valence-electron chi connectivity index (χ1n) is 19.8. The number of nitrogens with zero attached hydrogens (tertiary/aromatic N) is 2. The molecule has 0 bridgehead atoms. The van der Waals surface area contributed by atoms with E-state index in [4.69, 9.17) is 0 Å². The van der Waals surface area contributed by atoms with E-state index in [-0.39, 0.29) is 17.6 Å². The molecule has 9 rings (SSSR count). The Morgan fingerprint density at radius 1 is 0.362 bits per heavy atom. The van der Waals surface area contributed by atoms with Crippen LogP contribution in [0.1, 0.15) is 35.8 Å². The van der Waals surface area contributed by atoms with Gasteiger partial charge in [-0.15, -0.1) is 0 Å². The topological polar surface area (TPSA) is 6.48 Å². The molecule has 0 heterocycles. The standard InChI is InChI=1S/C54H42F2N2/c55-47-22-34-53(35-23-47)57(49-26-14-41(15-27-49)39-8-3-1-4-9-39)51-30-18-43(19-31-51)45-12-7-13-46(38-45)44-20-32-52(33-21-44)58(54-36-24-48(56)25-37-54)50-28-16-42(17-29-50)40-10-5-2-6-11-40/h1-16,18-20,22-38,42,44H,17,21H2. The normalized spacial score (nSPS) is 16.0. The molecule has 0 amide bonds. The van der Waals surface area contributed by atoms with Crippen LogP contribution in [0.2, 0.25) is 0 Å². The van der Waals surface area contributed by atoms with Crippen LogP contribution in [0.25, 0.3) is 22.3 Å². The number of halogens is 2. The number of benzene rings is 7. The first kappa shape index (κ1) is 36.6. The molecule has 2 atom stereocenters. The monoisotopic (exact) mass is 756 g/mol. The Bertz CT molecular complexity index is 2610. The Balaban J connectivity index is 0.944. The van der Waals surface area contributed by atoms with Crippen LogP contribution in [0, 0.1) is 11.6 Å².